The van der Waals surface area contributed by atoms with Crippen LogP contribution in [0.1, 0.15) is 31.5 Å². The zero-order valence-electron chi connectivity index (χ0n) is 20.2. The van der Waals surface area contributed by atoms with Crippen molar-refractivity contribution in [3.05, 3.63) is 49.1 Å². The minimum absolute atomic E-state index is 0.127. The summed E-state index contributed by atoms with van der Waals surface area (Å²) in [5, 5.41) is 4.75. The van der Waals surface area contributed by atoms with Gasteiger partial charge in [-0.15, -0.1) is 0 Å². The van der Waals surface area contributed by atoms with E-state index in [0.717, 1.165) is 41.2 Å². The van der Waals surface area contributed by atoms with Crippen molar-refractivity contribution in [1.82, 2.24) is 28.6 Å². The Hall–Kier alpha value is -3.02. The smallest absolute Gasteiger partial charge is 0.211 e. The molecule has 5 rings (SSSR count). The van der Waals surface area contributed by atoms with E-state index in [9.17, 15) is 8.42 Å². The Kier molecular flexibility index (Phi) is 6.47. The summed E-state index contributed by atoms with van der Waals surface area (Å²) in [5.41, 5.74) is 4.43. The third-order valence-electron chi connectivity index (χ3n) is 6.78. The lowest BCUT2D eigenvalue weighted by Gasteiger charge is -2.31. The number of imidazole rings is 1. The molecule has 2 saturated heterocycles. The zero-order chi connectivity index (χ0) is 24.6. The van der Waals surface area contributed by atoms with E-state index in [1.807, 2.05) is 37.7 Å². The Balaban J connectivity index is 1.56. The van der Waals surface area contributed by atoms with Crippen LogP contribution in [0.25, 0.3) is 22.6 Å². The van der Waals surface area contributed by atoms with Crippen molar-refractivity contribution in [2.75, 3.05) is 50.5 Å². The summed E-state index contributed by atoms with van der Waals surface area (Å²) in [6.45, 7) is 9.72. The van der Waals surface area contributed by atoms with Crippen LogP contribution in [0, 0.1) is 0 Å². The molecular weight excluding hydrogens is 466 g/mol. The molecule has 2 aliphatic heterocycles. The van der Waals surface area contributed by atoms with Crippen molar-refractivity contribution >= 4 is 32.4 Å². The number of rotatable bonds is 6. The van der Waals surface area contributed by atoms with Crippen LogP contribution in [-0.4, -0.2) is 82.7 Å². The molecule has 0 aromatic carbocycles. The topological polar surface area (TPSA) is 98.4 Å². The van der Waals surface area contributed by atoms with Gasteiger partial charge in [0.15, 0.2) is 11.5 Å². The molecule has 0 N–H and O–H groups in total. The summed E-state index contributed by atoms with van der Waals surface area (Å²) in [4.78, 5) is 12.0. The Morgan fingerprint density at radius 1 is 1.20 bits per heavy atom. The Morgan fingerprint density at radius 3 is 2.60 bits per heavy atom. The normalized spacial score (nSPS) is 18.9. The second-order valence-electron chi connectivity index (χ2n) is 8.91. The Bertz CT molecular complexity index is 1360. The average Bonchev–Trinajstić information content (AvgIpc) is 3.52. The Labute approximate surface area is 205 Å². The first-order chi connectivity index (χ1) is 16.9. The number of ether oxygens (including phenoxy) is 1. The van der Waals surface area contributed by atoms with Gasteiger partial charge in [-0.25, -0.2) is 27.4 Å². The van der Waals surface area contributed by atoms with Gasteiger partial charge in [-0.3, -0.25) is 0 Å². The van der Waals surface area contributed by atoms with E-state index in [-0.39, 0.29) is 6.04 Å². The van der Waals surface area contributed by atoms with E-state index in [1.165, 1.54) is 6.26 Å². The summed E-state index contributed by atoms with van der Waals surface area (Å²) < 4.78 is 34.9. The maximum atomic E-state index is 12.0. The lowest BCUT2D eigenvalue weighted by Crippen LogP contribution is -2.38. The van der Waals surface area contributed by atoms with Crippen LogP contribution in [-0.2, 0) is 14.8 Å². The molecule has 0 atom stereocenters. The molecule has 10 nitrogen and oxygen atoms in total. The number of hydrogen-bond donors (Lipinski definition) is 0. The van der Waals surface area contributed by atoms with Gasteiger partial charge in [-0.05, 0) is 31.4 Å². The highest BCUT2D eigenvalue weighted by Gasteiger charge is 2.28. The highest BCUT2D eigenvalue weighted by atomic mass is 32.2. The second kappa shape index (κ2) is 9.56. The highest BCUT2D eigenvalue weighted by Crippen LogP contribution is 2.32. The fraction of sp³-hybridized carbons (Fsp3) is 0.458. The lowest BCUT2D eigenvalue weighted by molar-refractivity contribution is 0.123. The molecule has 3 aromatic heterocycles. The third kappa shape index (κ3) is 4.63. The minimum Gasteiger partial charge on any atom is -0.378 e. The molecule has 2 aliphatic rings. The van der Waals surface area contributed by atoms with Crippen molar-refractivity contribution < 1.29 is 13.2 Å². The van der Waals surface area contributed by atoms with E-state index in [4.69, 9.17) is 19.8 Å². The van der Waals surface area contributed by atoms with Crippen LogP contribution < -0.4 is 4.90 Å². The first kappa shape index (κ1) is 23.7. The summed E-state index contributed by atoms with van der Waals surface area (Å²) in [7, 11) is -3.18. The molecule has 5 heterocycles. The SMILES string of the molecule is C=C/C(=C\C)c1ccn(-c2cc(N3CCOCC3)c3ncn(C4CCN(S(C)(=O)=O)CC4)c3n2)n1. The monoisotopic (exact) mass is 497 g/mol. The van der Waals surface area contributed by atoms with Gasteiger partial charge >= 0.3 is 0 Å². The highest BCUT2D eigenvalue weighted by molar-refractivity contribution is 7.88. The number of piperidine rings is 1. The summed E-state index contributed by atoms with van der Waals surface area (Å²) in [6.07, 6.45) is 10.2. The molecule has 0 amide bonds. The number of fused-ring (bicyclic) bond motifs is 1. The number of nitrogens with zero attached hydrogens (tertiary/aromatic N) is 7. The van der Waals surface area contributed by atoms with Gasteiger partial charge in [0.25, 0.3) is 0 Å². The molecule has 0 aliphatic carbocycles. The lowest BCUT2D eigenvalue weighted by atomic mass is 10.1. The van der Waals surface area contributed by atoms with E-state index in [0.29, 0.717) is 45.0 Å². The third-order valence-corrected chi connectivity index (χ3v) is 8.09. The van der Waals surface area contributed by atoms with Crippen LogP contribution in [0.4, 0.5) is 5.69 Å². The van der Waals surface area contributed by atoms with E-state index >= 15 is 0 Å². The van der Waals surface area contributed by atoms with E-state index < -0.39 is 10.0 Å². The molecule has 0 bridgehead atoms. The van der Waals surface area contributed by atoms with Gasteiger partial charge in [-0.1, -0.05) is 18.7 Å². The largest absolute Gasteiger partial charge is 0.378 e. The van der Waals surface area contributed by atoms with Crippen LogP contribution in [0.5, 0.6) is 0 Å². The molecule has 2 fully saturated rings. The standard InChI is InChI=1S/C24H31N7O3S/c1-4-18(5-2)20-8-11-31(27-20)22-16-21(28-12-14-34-15-13-28)23-24(26-22)30(17-25-23)19-6-9-29(10-7-19)35(3,32)33/h4-5,8,11,16-17,19H,1,6-7,9-10,12-15H2,2-3H3/b18-5+. The fourth-order valence-electron chi connectivity index (χ4n) is 4.84. The summed E-state index contributed by atoms with van der Waals surface area (Å²) in [6, 6.07) is 4.12. The van der Waals surface area contributed by atoms with Crippen molar-refractivity contribution in [3.63, 3.8) is 0 Å². The van der Waals surface area contributed by atoms with E-state index in [2.05, 4.69) is 16.0 Å². The van der Waals surface area contributed by atoms with Gasteiger partial charge in [-0.2, -0.15) is 5.10 Å². The van der Waals surface area contributed by atoms with Crippen molar-refractivity contribution in [2.24, 2.45) is 0 Å². The number of hydrogen-bond acceptors (Lipinski definition) is 7. The van der Waals surface area contributed by atoms with Crippen molar-refractivity contribution in [2.45, 2.75) is 25.8 Å². The zero-order valence-corrected chi connectivity index (χ0v) is 21.0. The molecule has 0 radical (unpaired) electrons. The molecule has 3 aromatic rings. The summed E-state index contributed by atoms with van der Waals surface area (Å²) >= 11 is 0. The molecule has 35 heavy (non-hydrogen) atoms. The van der Waals surface area contributed by atoms with Crippen LogP contribution >= 0.6 is 0 Å². The summed E-state index contributed by atoms with van der Waals surface area (Å²) in [5.74, 6) is 0.708. The first-order valence-corrected chi connectivity index (χ1v) is 13.7. The Morgan fingerprint density at radius 2 is 1.94 bits per heavy atom. The van der Waals surface area contributed by atoms with Gasteiger partial charge in [0.05, 0.1) is 37.2 Å². The van der Waals surface area contributed by atoms with Gasteiger partial charge < -0.3 is 14.2 Å². The molecular formula is C24H31N7O3S. The molecule has 11 heteroatoms. The molecule has 0 unspecified atom stereocenters. The van der Waals surface area contributed by atoms with Crippen molar-refractivity contribution in [3.8, 4) is 5.82 Å². The number of pyridine rings is 1. The van der Waals surface area contributed by atoms with Gasteiger partial charge in [0.1, 0.15) is 5.52 Å². The second-order valence-corrected chi connectivity index (χ2v) is 10.9. The predicted octanol–water partition coefficient (Wildman–Crippen LogP) is 2.64. The number of allylic oxidation sites excluding steroid dienone is 3. The van der Waals surface area contributed by atoms with Crippen LogP contribution in [0.2, 0.25) is 0 Å². The first-order valence-electron chi connectivity index (χ1n) is 11.9. The average molecular weight is 498 g/mol. The number of aromatic nitrogens is 5. The number of sulfonamides is 1. The maximum Gasteiger partial charge on any atom is 0.211 e. The van der Waals surface area contributed by atoms with Crippen LogP contribution in [0.3, 0.4) is 0 Å². The molecule has 0 saturated carbocycles. The number of anilines is 1. The maximum absolute atomic E-state index is 12.0. The molecule has 0 spiro atoms. The fourth-order valence-corrected chi connectivity index (χ4v) is 5.71. The molecule has 186 valence electrons. The number of morpholine rings is 1. The van der Waals surface area contributed by atoms with Crippen LogP contribution in [0.15, 0.2) is 43.4 Å². The van der Waals surface area contributed by atoms with E-state index in [1.54, 1.807) is 15.1 Å². The van der Waals surface area contributed by atoms with Crippen molar-refractivity contribution in [1.29, 1.82) is 0 Å². The predicted molar refractivity (Wildman–Crippen MR) is 136 cm³/mol. The van der Waals surface area contributed by atoms with Gasteiger partial charge in [0.2, 0.25) is 10.0 Å². The van der Waals surface area contributed by atoms with Gasteiger partial charge in [0, 0.05) is 44.5 Å². The quantitative estimate of drug-likeness (QED) is 0.483. The minimum atomic E-state index is -3.18.